The Morgan fingerprint density at radius 2 is 2.08 bits per heavy atom. The predicted octanol–water partition coefficient (Wildman–Crippen LogP) is 3.72. The molecular weight excluding hydrogens is 326 g/mol. The first-order chi connectivity index (χ1) is 12.6. The van der Waals surface area contributed by atoms with Crippen LogP contribution in [0.15, 0.2) is 48.7 Å². The Morgan fingerprint density at radius 3 is 2.77 bits per heavy atom. The molecule has 0 spiro atoms. The van der Waals surface area contributed by atoms with Crippen LogP contribution in [0, 0.1) is 5.92 Å². The summed E-state index contributed by atoms with van der Waals surface area (Å²) in [5, 5.41) is 3.05. The highest BCUT2D eigenvalue weighted by atomic mass is 16.5. The summed E-state index contributed by atoms with van der Waals surface area (Å²) < 4.78 is 5.65. The monoisotopic (exact) mass is 353 g/mol. The average Bonchev–Trinajstić information content (AvgIpc) is 2.68. The summed E-state index contributed by atoms with van der Waals surface area (Å²) in [5.41, 5.74) is 0.557. The van der Waals surface area contributed by atoms with Gasteiger partial charge in [-0.05, 0) is 57.4 Å². The van der Waals surface area contributed by atoms with Crippen LogP contribution in [-0.2, 0) is 0 Å². The molecule has 1 unspecified atom stereocenters. The van der Waals surface area contributed by atoms with Crippen LogP contribution in [0.3, 0.4) is 0 Å². The Balaban J connectivity index is 1.50. The van der Waals surface area contributed by atoms with Crippen LogP contribution in [0.5, 0.6) is 11.6 Å². The summed E-state index contributed by atoms with van der Waals surface area (Å²) in [7, 11) is 0. The van der Waals surface area contributed by atoms with E-state index in [9.17, 15) is 4.79 Å². The number of hydrogen-bond donors (Lipinski definition) is 1. The minimum atomic E-state index is -0.0783. The minimum absolute atomic E-state index is 0.0783. The number of para-hydroxylation sites is 1. The molecule has 0 radical (unpaired) electrons. The number of aromatic nitrogens is 1. The van der Waals surface area contributed by atoms with Crippen molar-refractivity contribution in [2.75, 3.05) is 19.6 Å². The standard InChI is InChI=1S/C21H27N3O2/c1-16(2)24-12-6-7-17(15-24)13-23-21(25)18-10-11-20(22-14-18)26-19-8-4-3-5-9-19/h3-5,8-11,14,16-17H,6-7,12-13,15H2,1-2H3,(H,23,25). The molecule has 1 aliphatic heterocycles. The van der Waals surface area contributed by atoms with E-state index in [2.05, 4.69) is 29.0 Å². The first kappa shape index (κ1) is 18.4. The third kappa shape index (κ3) is 5.05. The van der Waals surface area contributed by atoms with Crippen LogP contribution in [-0.4, -0.2) is 41.5 Å². The zero-order valence-electron chi connectivity index (χ0n) is 15.5. The molecule has 1 aromatic carbocycles. The van der Waals surface area contributed by atoms with E-state index in [4.69, 9.17) is 4.74 Å². The Kier molecular flexibility index (Phi) is 6.23. The number of hydrogen-bond acceptors (Lipinski definition) is 4. The fourth-order valence-corrected chi connectivity index (χ4v) is 3.26. The van der Waals surface area contributed by atoms with Crippen LogP contribution in [0.1, 0.15) is 37.0 Å². The number of rotatable bonds is 6. The molecule has 0 saturated carbocycles. The molecule has 1 saturated heterocycles. The van der Waals surface area contributed by atoms with Crippen molar-refractivity contribution in [3.05, 3.63) is 54.2 Å². The Morgan fingerprint density at radius 1 is 1.27 bits per heavy atom. The SMILES string of the molecule is CC(C)N1CCCC(CNC(=O)c2ccc(Oc3ccccc3)nc2)C1. The van der Waals surface area contributed by atoms with Crippen LogP contribution in [0.4, 0.5) is 0 Å². The van der Waals surface area contributed by atoms with Gasteiger partial charge in [0.05, 0.1) is 5.56 Å². The average molecular weight is 353 g/mol. The van der Waals surface area contributed by atoms with Crippen LogP contribution in [0.25, 0.3) is 0 Å². The summed E-state index contributed by atoms with van der Waals surface area (Å²) in [6.07, 6.45) is 3.94. The molecule has 1 N–H and O–H groups in total. The van der Waals surface area contributed by atoms with E-state index in [-0.39, 0.29) is 5.91 Å². The normalized spacial score (nSPS) is 17.9. The van der Waals surface area contributed by atoms with Crippen molar-refractivity contribution in [2.24, 2.45) is 5.92 Å². The van der Waals surface area contributed by atoms with Crippen molar-refractivity contribution in [3.63, 3.8) is 0 Å². The van der Waals surface area contributed by atoms with Crippen LogP contribution < -0.4 is 10.1 Å². The second-order valence-corrected chi connectivity index (χ2v) is 7.11. The maximum absolute atomic E-state index is 12.4. The van der Waals surface area contributed by atoms with Crippen molar-refractivity contribution in [3.8, 4) is 11.6 Å². The highest BCUT2D eigenvalue weighted by Gasteiger charge is 2.22. The van der Waals surface area contributed by atoms with E-state index in [0.29, 0.717) is 29.9 Å². The summed E-state index contributed by atoms with van der Waals surface area (Å²) in [4.78, 5) is 19.1. The predicted molar refractivity (Wildman–Crippen MR) is 103 cm³/mol. The van der Waals surface area contributed by atoms with E-state index >= 15 is 0 Å². The number of carbonyl (C=O) groups excluding carboxylic acids is 1. The number of nitrogens with one attached hydrogen (secondary N) is 1. The maximum atomic E-state index is 12.4. The van der Waals surface area contributed by atoms with Gasteiger partial charge in [0.2, 0.25) is 5.88 Å². The lowest BCUT2D eigenvalue weighted by atomic mass is 9.97. The molecule has 0 bridgehead atoms. The van der Waals surface area contributed by atoms with Crippen molar-refractivity contribution in [1.82, 2.24) is 15.2 Å². The Bertz CT molecular complexity index is 701. The zero-order chi connectivity index (χ0) is 18.4. The smallest absolute Gasteiger partial charge is 0.252 e. The second-order valence-electron chi connectivity index (χ2n) is 7.11. The molecule has 1 aliphatic rings. The molecule has 3 rings (SSSR count). The highest BCUT2D eigenvalue weighted by Crippen LogP contribution is 2.19. The van der Waals surface area contributed by atoms with Gasteiger partial charge in [-0.1, -0.05) is 18.2 Å². The molecule has 1 aromatic heterocycles. The molecule has 1 atom stereocenters. The number of amides is 1. The van der Waals surface area contributed by atoms with Gasteiger partial charge in [0.15, 0.2) is 0 Å². The number of likely N-dealkylation sites (tertiary alicyclic amines) is 1. The van der Waals surface area contributed by atoms with E-state index < -0.39 is 0 Å². The molecule has 26 heavy (non-hydrogen) atoms. The molecular formula is C21H27N3O2. The van der Waals surface area contributed by atoms with E-state index in [1.165, 1.54) is 12.8 Å². The Labute approximate surface area is 155 Å². The lowest BCUT2D eigenvalue weighted by molar-refractivity contribution is 0.0922. The van der Waals surface area contributed by atoms with Gasteiger partial charge in [-0.25, -0.2) is 4.98 Å². The second kappa shape index (κ2) is 8.81. The van der Waals surface area contributed by atoms with Gasteiger partial charge in [-0.3, -0.25) is 4.79 Å². The van der Waals surface area contributed by atoms with Crippen LogP contribution in [0.2, 0.25) is 0 Å². The fraction of sp³-hybridized carbons (Fsp3) is 0.429. The summed E-state index contributed by atoms with van der Waals surface area (Å²) in [5.74, 6) is 1.64. The topological polar surface area (TPSA) is 54.5 Å². The molecule has 5 heteroatoms. The zero-order valence-corrected chi connectivity index (χ0v) is 15.5. The molecule has 138 valence electrons. The summed E-state index contributed by atoms with van der Waals surface area (Å²) >= 11 is 0. The highest BCUT2D eigenvalue weighted by molar-refractivity contribution is 5.93. The van der Waals surface area contributed by atoms with E-state index in [1.807, 2.05) is 30.3 Å². The number of nitrogens with zero attached hydrogens (tertiary/aromatic N) is 2. The number of piperidine rings is 1. The number of pyridine rings is 1. The van der Waals surface area contributed by atoms with Crippen molar-refractivity contribution in [2.45, 2.75) is 32.7 Å². The molecule has 2 aromatic rings. The van der Waals surface area contributed by atoms with Gasteiger partial charge in [-0.15, -0.1) is 0 Å². The van der Waals surface area contributed by atoms with Gasteiger partial charge in [0.25, 0.3) is 5.91 Å². The van der Waals surface area contributed by atoms with Gasteiger partial charge in [0, 0.05) is 31.4 Å². The van der Waals surface area contributed by atoms with Gasteiger partial charge >= 0.3 is 0 Å². The molecule has 2 heterocycles. The third-order valence-corrected chi connectivity index (χ3v) is 4.80. The third-order valence-electron chi connectivity index (χ3n) is 4.80. The molecule has 1 fully saturated rings. The van der Waals surface area contributed by atoms with E-state index in [1.54, 1.807) is 18.3 Å². The quantitative estimate of drug-likeness (QED) is 0.860. The van der Waals surface area contributed by atoms with Gasteiger partial charge in [0.1, 0.15) is 5.75 Å². The molecule has 1 amide bonds. The lowest BCUT2D eigenvalue weighted by Crippen LogP contribution is -2.43. The maximum Gasteiger partial charge on any atom is 0.252 e. The Hall–Kier alpha value is -2.40. The van der Waals surface area contributed by atoms with Crippen LogP contribution >= 0.6 is 0 Å². The number of ether oxygens (including phenoxy) is 1. The molecule has 5 nitrogen and oxygen atoms in total. The van der Waals surface area contributed by atoms with Crippen molar-refractivity contribution < 1.29 is 9.53 Å². The van der Waals surface area contributed by atoms with Gasteiger partial charge < -0.3 is 15.0 Å². The lowest BCUT2D eigenvalue weighted by Gasteiger charge is -2.35. The number of carbonyl (C=O) groups is 1. The molecule has 0 aliphatic carbocycles. The van der Waals surface area contributed by atoms with Gasteiger partial charge in [-0.2, -0.15) is 0 Å². The van der Waals surface area contributed by atoms with Crippen molar-refractivity contribution >= 4 is 5.91 Å². The van der Waals surface area contributed by atoms with Crippen molar-refractivity contribution in [1.29, 1.82) is 0 Å². The largest absolute Gasteiger partial charge is 0.439 e. The first-order valence-corrected chi connectivity index (χ1v) is 9.33. The fourth-order valence-electron chi connectivity index (χ4n) is 3.26. The number of benzene rings is 1. The summed E-state index contributed by atoms with van der Waals surface area (Å²) in [6, 6.07) is 13.5. The van der Waals surface area contributed by atoms with E-state index in [0.717, 1.165) is 18.8 Å². The minimum Gasteiger partial charge on any atom is -0.439 e. The first-order valence-electron chi connectivity index (χ1n) is 9.33. The summed E-state index contributed by atoms with van der Waals surface area (Å²) in [6.45, 7) is 7.39.